The molecule has 0 amide bonds. The van der Waals surface area contributed by atoms with Gasteiger partial charge in [0.15, 0.2) is 0 Å². The zero-order chi connectivity index (χ0) is 17.8. The van der Waals surface area contributed by atoms with Gasteiger partial charge in [-0.05, 0) is 56.3 Å². The molecule has 1 N–H and O–H groups in total. The number of allylic oxidation sites excluding steroid dienone is 1. The van der Waals surface area contributed by atoms with Crippen molar-refractivity contribution < 1.29 is 19.4 Å². The van der Waals surface area contributed by atoms with Gasteiger partial charge in [0.2, 0.25) is 0 Å². The fraction of sp³-hybridized carbons (Fsp3) is 0.810. The minimum atomic E-state index is -0.214. The lowest BCUT2D eigenvalue weighted by Gasteiger charge is -2.57. The second kappa shape index (κ2) is 5.94. The summed E-state index contributed by atoms with van der Waals surface area (Å²) in [5.74, 6) is 1.72. The average molecular weight is 346 g/mol. The third-order valence-electron chi connectivity index (χ3n) is 8.11. The maximum absolute atomic E-state index is 12.5. The van der Waals surface area contributed by atoms with Gasteiger partial charge in [-0.1, -0.05) is 18.6 Å². The van der Waals surface area contributed by atoms with E-state index in [1.54, 1.807) is 0 Å². The predicted molar refractivity (Wildman–Crippen MR) is 93.7 cm³/mol. The molecule has 1 unspecified atom stereocenters. The molecule has 3 fully saturated rings. The summed E-state index contributed by atoms with van der Waals surface area (Å²) in [5, 5.41) is 10.4. The van der Waals surface area contributed by atoms with Gasteiger partial charge in [0.1, 0.15) is 11.9 Å². The predicted octanol–water partition coefficient (Wildman–Crippen LogP) is 3.42. The molecular formula is C21H30O4. The first-order valence-corrected chi connectivity index (χ1v) is 9.91. The summed E-state index contributed by atoms with van der Waals surface area (Å²) < 4.78 is 5.46. The second-order valence-electron chi connectivity index (χ2n) is 9.05. The number of ketones is 1. The number of Topliss-reactive ketones (excluding diaryl/α,β-unsaturated/α-hetero) is 1. The highest BCUT2D eigenvalue weighted by Crippen LogP contribution is 2.64. The van der Waals surface area contributed by atoms with E-state index in [0.29, 0.717) is 23.5 Å². The molecule has 6 atom stereocenters. The van der Waals surface area contributed by atoms with Gasteiger partial charge in [0.05, 0.1) is 6.61 Å². The van der Waals surface area contributed by atoms with Crippen LogP contribution >= 0.6 is 0 Å². The van der Waals surface area contributed by atoms with Crippen LogP contribution in [-0.4, -0.2) is 29.6 Å². The molecule has 4 aliphatic rings. The van der Waals surface area contributed by atoms with Gasteiger partial charge in [-0.15, -0.1) is 0 Å². The van der Waals surface area contributed by atoms with Gasteiger partial charge in [0, 0.05) is 30.6 Å². The molecule has 0 bridgehead atoms. The van der Waals surface area contributed by atoms with Crippen LogP contribution in [0.25, 0.3) is 0 Å². The molecule has 0 aromatic heterocycles. The molecule has 0 spiro atoms. The van der Waals surface area contributed by atoms with E-state index in [1.807, 2.05) is 0 Å². The minimum Gasteiger partial charge on any atom is -0.462 e. The maximum atomic E-state index is 12.5. The van der Waals surface area contributed by atoms with E-state index in [9.17, 15) is 14.7 Å². The molecule has 0 heterocycles. The van der Waals surface area contributed by atoms with E-state index < -0.39 is 0 Å². The molecule has 0 saturated heterocycles. The zero-order valence-corrected chi connectivity index (χ0v) is 15.4. The number of carbonyl (C=O) groups excluding carboxylic acids is 2. The van der Waals surface area contributed by atoms with Crippen LogP contribution in [-0.2, 0) is 14.3 Å². The van der Waals surface area contributed by atoms with Crippen molar-refractivity contribution >= 4 is 11.8 Å². The van der Waals surface area contributed by atoms with E-state index in [4.69, 9.17) is 4.74 Å². The topological polar surface area (TPSA) is 63.6 Å². The van der Waals surface area contributed by atoms with Gasteiger partial charge in [-0.25, -0.2) is 0 Å². The Morgan fingerprint density at radius 2 is 2.08 bits per heavy atom. The largest absolute Gasteiger partial charge is 0.462 e. The van der Waals surface area contributed by atoms with Crippen LogP contribution in [0.4, 0.5) is 0 Å². The standard InChI is InChI=1S/C21H30O4/c1-13(23)25-15-7-10-21(12-22)14(11-15)3-4-16-17-5-6-19(24)20(17,2)9-8-18(16)21/h3,15-18,22H,4-12H2,1-2H3/t15?,16-,17-,18+,20-,21+/m0/s1. The number of aliphatic hydroxyl groups excluding tert-OH is 1. The fourth-order valence-electron chi connectivity index (χ4n) is 6.82. The fourth-order valence-corrected chi connectivity index (χ4v) is 6.82. The molecule has 3 saturated carbocycles. The van der Waals surface area contributed by atoms with Gasteiger partial charge in [-0.2, -0.15) is 0 Å². The number of rotatable bonds is 2. The molecule has 0 aliphatic heterocycles. The molecule has 4 aliphatic carbocycles. The number of hydrogen-bond donors (Lipinski definition) is 1. The highest BCUT2D eigenvalue weighted by molar-refractivity contribution is 5.87. The monoisotopic (exact) mass is 346 g/mol. The van der Waals surface area contributed by atoms with Crippen molar-refractivity contribution in [1.29, 1.82) is 0 Å². The summed E-state index contributed by atoms with van der Waals surface area (Å²) in [6.07, 6.45) is 9.57. The Labute approximate surface area is 150 Å². The van der Waals surface area contributed by atoms with E-state index >= 15 is 0 Å². The molecule has 4 heteroatoms. The highest BCUT2D eigenvalue weighted by Gasteiger charge is 2.59. The van der Waals surface area contributed by atoms with Crippen molar-refractivity contribution in [3.05, 3.63) is 11.6 Å². The third-order valence-corrected chi connectivity index (χ3v) is 8.11. The average Bonchev–Trinajstić information content (AvgIpc) is 2.89. The van der Waals surface area contributed by atoms with Crippen LogP contribution in [0, 0.1) is 28.6 Å². The minimum absolute atomic E-state index is 0.0399. The molecule has 0 radical (unpaired) electrons. The molecule has 4 rings (SSSR count). The summed E-state index contributed by atoms with van der Waals surface area (Å²) in [4.78, 5) is 23.8. The second-order valence-corrected chi connectivity index (χ2v) is 9.05. The Hall–Kier alpha value is -1.16. The lowest BCUT2D eigenvalue weighted by atomic mass is 9.47. The normalized spacial score (nSPS) is 45.9. The molecule has 4 nitrogen and oxygen atoms in total. The van der Waals surface area contributed by atoms with Crippen LogP contribution < -0.4 is 0 Å². The molecule has 0 aromatic rings. The summed E-state index contributed by atoms with van der Waals surface area (Å²) in [6, 6.07) is 0. The van der Waals surface area contributed by atoms with Crippen LogP contribution in [0.15, 0.2) is 11.6 Å². The first-order chi connectivity index (χ1) is 11.9. The lowest BCUT2D eigenvalue weighted by molar-refractivity contribution is -0.149. The molecule has 0 aromatic carbocycles. The Kier molecular flexibility index (Phi) is 4.10. The number of fused-ring (bicyclic) bond motifs is 5. The van der Waals surface area contributed by atoms with Crippen molar-refractivity contribution in [2.45, 2.75) is 71.3 Å². The van der Waals surface area contributed by atoms with Crippen molar-refractivity contribution in [3.8, 4) is 0 Å². The quantitative estimate of drug-likeness (QED) is 0.615. The van der Waals surface area contributed by atoms with Crippen molar-refractivity contribution in [1.82, 2.24) is 0 Å². The van der Waals surface area contributed by atoms with Gasteiger partial charge < -0.3 is 9.84 Å². The highest BCUT2D eigenvalue weighted by atomic mass is 16.5. The lowest BCUT2D eigenvalue weighted by Crippen LogP contribution is -2.53. The van der Waals surface area contributed by atoms with Gasteiger partial charge in [-0.3, -0.25) is 9.59 Å². The smallest absolute Gasteiger partial charge is 0.302 e. The number of ether oxygens (including phenoxy) is 1. The van der Waals surface area contributed by atoms with Crippen LogP contribution in [0.1, 0.15) is 65.2 Å². The Bertz CT molecular complexity index is 623. The number of esters is 1. The number of aliphatic hydroxyl groups is 1. The zero-order valence-electron chi connectivity index (χ0n) is 15.4. The van der Waals surface area contributed by atoms with Crippen LogP contribution in [0.5, 0.6) is 0 Å². The van der Waals surface area contributed by atoms with Crippen LogP contribution in [0.2, 0.25) is 0 Å². The van der Waals surface area contributed by atoms with Gasteiger partial charge >= 0.3 is 5.97 Å². The van der Waals surface area contributed by atoms with Crippen molar-refractivity contribution in [2.75, 3.05) is 6.61 Å². The summed E-state index contributed by atoms with van der Waals surface area (Å²) in [7, 11) is 0. The first-order valence-electron chi connectivity index (χ1n) is 9.91. The summed E-state index contributed by atoms with van der Waals surface area (Å²) in [6.45, 7) is 3.84. The van der Waals surface area contributed by atoms with Crippen molar-refractivity contribution in [3.63, 3.8) is 0 Å². The van der Waals surface area contributed by atoms with E-state index in [-0.39, 0.29) is 29.5 Å². The van der Waals surface area contributed by atoms with Crippen molar-refractivity contribution in [2.24, 2.45) is 28.6 Å². The van der Waals surface area contributed by atoms with Crippen LogP contribution in [0.3, 0.4) is 0 Å². The molecule has 25 heavy (non-hydrogen) atoms. The SMILES string of the molecule is CC(=O)OC1CC[C@@]2(CO)C(=CC[C@@H]3[C@H]2CC[C@]2(C)C(=O)CC[C@@H]32)C1. The number of carbonyl (C=O) groups is 2. The van der Waals surface area contributed by atoms with Gasteiger partial charge in [0.25, 0.3) is 0 Å². The Morgan fingerprint density at radius 1 is 1.28 bits per heavy atom. The number of hydrogen-bond acceptors (Lipinski definition) is 4. The molecule has 138 valence electrons. The Balaban J connectivity index is 1.63. The Morgan fingerprint density at radius 3 is 2.80 bits per heavy atom. The summed E-state index contributed by atoms with van der Waals surface area (Å²) >= 11 is 0. The maximum Gasteiger partial charge on any atom is 0.302 e. The summed E-state index contributed by atoms with van der Waals surface area (Å²) in [5.41, 5.74) is 1.03. The first kappa shape index (κ1) is 17.3. The molecular weight excluding hydrogens is 316 g/mol. The van der Waals surface area contributed by atoms with E-state index in [0.717, 1.165) is 51.4 Å². The van der Waals surface area contributed by atoms with E-state index in [1.165, 1.54) is 12.5 Å². The van der Waals surface area contributed by atoms with E-state index in [2.05, 4.69) is 13.0 Å². The third kappa shape index (κ3) is 2.43.